The molecule has 0 unspecified atom stereocenters. The van der Waals surface area contributed by atoms with E-state index in [0.29, 0.717) is 25.1 Å². The number of nitrogens with one attached hydrogen (secondary N) is 1. The summed E-state index contributed by atoms with van der Waals surface area (Å²) in [4.78, 5) is 38.9. The Labute approximate surface area is 171 Å². The van der Waals surface area contributed by atoms with Crippen LogP contribution in [0.4, 0.5) is 24.5 Å². The molecule has 1 aromatic carbocycles. The van der Waals surface area contributed by atoms with E-state index in [9.17, 15) is 27.6 Å². The van der Waals surface area contributed by atoms with Gasteiger partial charge < -0.3 is 20.7 Å². The van der Waals surface area contributed by atoms with Gasteiger partial charge >= 0.3 is 0 Å². The molecule has 1 aliphatic carbocycles. The first-order chi connectivity index (χ1) is 14.3. The minimum Gasteiger partial charge on any atom is -0.370 e. The summed E-state index contributed by atoms with van der Waals surface area (Å²) in [5, 5.41) is 2.26. The maximum Gasteiger partial charge on any atom is 0.253 e. The summed E-state index contributed by atoms with van der Waals surface area (Å²) in [6.45, 7) is -0.321. The van der Waals surface area contributed by atoms with Crippen LogP contribution in [-0.2, 0) is 19.1 Å². The van der Waals surface area contributed by atoms with Crippen molar-refractivity contribution >= 4 is 29.1 Å². The van der Waals surface area contributed by atoms with Gasteiger partial charge in [-0.05, 0) is 31.0 Å². The summed E-state index contributed by atoms with van der Waals surface area (Å²) in [5.41, 5.74) is 5.37. The van der Waals surface area contributed by atoms with Gasteiger partial charge in [0, 0.05) is 18.3 Å². The number of rotatable bonds is 8. The molecule has 0 bridgehead atoms. The monoisotopic (exact) mass is 428 g/mol. The molecule has 0 aromatic heterocycles. The number of primary amides is 1. The minimum absolute atomic E-state index is 0.110. The molecule has 3 N–H and O–H groups in total. The molecule has 1 saturated carbocycles. The number of carbonyl (C=O) groups excluding carboxylic acids is 3. The number of ether oxygens (including phenoxy) is 1. The number of morpholine rings is 1. The Bertz CT molecular complexity index is 819. The molecule has 2 aliphatic rings. The second kappa shape index (κ2) is 9.43. The van der Waals surface area contributed by atoms with Crippen LogP contribution in [0.25, 0.3) is 0 Å². The van der Waals surface area contributed by atoms with Crippen molar-refractivity contribution in [2.45, 2.75) is 37.8 Å². The van der Waals surface area contributed by atoms with Crippen molar-refractivity contribution in [3.05, 3.63) is 24.0 Å². The zero-order valence-corrected chi connectivity index (χ0v) is 16.2. The lowest BCUT2D eigenvalue weighted by molar-refractivity contribution is -0.136. The molecule has 3 amide bonds. The predicted octanol–water partition coefficient (Wildman–Crippen LogP) is 1.10. The summed E-state index contributed by atoms with van der Waals surface area (Å²) < 4.78 is 45.6. The summed E-state index contributed by atoms with van der Waals surface area (Å²) in [6.07, 6.45) is -0.823. The number of nitrogens with two attached hydrogens (primary N) is 1. The Morgan fingerprint density at radius 2 is 2.07 bits per heavy atom. The van der Waals surface area contributed by atoms with E-state index in [0.717, 1.165) is 17.4 Å². The predicted molar refractivity (Wildman–Crippen MR) is 102 cm³/mol. The maximum absolute atomic E-state index is 14.6. The molecular weight excluding hydrogens is 405 g/mol. The van der Waals surface area contributed by atoms with Gasteiger partial charge in [-0.3, -0.25) is 19.3 Å². The Balaban J connectivity index is 1.76. The van der Waals surface area contributed by atoms with Crippen molar-refractivity contribution in [2.24, 2.45) is 5.73 Å². The van der Waals surface area contributed by atoms with Gasteiger partial charge in [0.15, 0.2) is 6.04 Å². The van der Waals surface area contributed by atoms with E-state index in [1.165, 1.54) is 17.0 Å². The highest BCUT2D eigenvalue weighted by Crippen LogP contribution is 2.28. The number of hydrogen-bond acceptors (Lipinski definition) is 5. The summed E-state index contributed by atoms with van der Waals surface area (Å²) >= 11 is 0. The molecular formula is C19H23F3N4O4. The van der Waals surface area contributed by atoms with Crippen molar-refractivity contribution in [3.63, 3.8) is 0 Å². The number of alkyl halides is 2. The zero-order chi connectivity index (χ0) is 21.8. The maximum atomic E-state index is 14.6. The summed E-state index contributed by atoms with van der Waals surface area (Å²) in [5.74, 6) is -3.23. The van der Waals surface area contributed by atoms with Crippen molar-refractivity contribution in [1.29, 1.82) is 0 Å². The SMILES string of the molecule is NC(=O)[C@@H](C(=O)Nc1ccc(N2CCOCC2=O)cc1F)N(CC(F)F)C1CCC1. The molecule has 1 aromatic rings. The smallest absolute Gasteiger partial charge is 0.253 e. The molecule has 8 nitrogen and oxygen atoms in total. The fraction of sp³-hybridized carbons (Fsp3) is 0.526. The average molecular weight is 428 g/mol. The number of anilines is 2. The molecule has 0 radical (unpaired) electrons. The lowest BCUT2D eigenvalue weighted by atomic mass is 9.90. The standard InChI is InChI=1S/C19H23F3N4O4/c20-13-8-12(25-6-7-30-10-16(25)27)4-5-14(13)24-19(29)17(18(23)28)26(9-15(21)22)11-2-1-3-11/h4-5,8,11,15,17H,1-3,6-7,9-10H2,(H2,23,28)(H,24,29)/t17-/m0/s1. The van der Waals surface area contributed by atoms with Crippen LogP contribution >= 0.6 is 0 Å². The highest BCUT2D eigenvalue weighted by Gasteiger charge is 2.39. The molecule has 11 heteroatoms. The minimum atomic E-state index is -2.76. The van der Waals surface area contributed by atoms with Crippen LogP contribution in [0, 0.1) is 5.82 Å². The Morgan fingerprint density at radius 1 is 1.33 bits per heavy atom. The summed E-state index contributed by atoms with van der Waals surface area (Å²) in [7, 11) is 0. The average Bonchev–Trinajstić information content (AvgIpc) is 2.61. The fourth-order valence-corrected chi connectivity index (χ4v) is 3.55. The third-order valence-corrected chi connectivity index (χ3v) is 5.25. The van der Waals surface area contributed by atoms with Gasteiger partial charge in [0.05, 0.1) is 18.8 Å². The normalized spacial score (nSPS) is 18.4. The molecule has 1 heterocycles. The number of halogens is 3. The van der Waals surface area contributed by atoms with Gasteiger partial charge in [-0.1, -0.05) is 6.42 Å². The molecule has 1 saturated heterocycles. The van der Waals surface area contributed by atoms with Gasteiger partial charge in [0.1, 0.15) is 12.4 Å². The van der Waals surface area contributed by atoms with Gasteiger partial charge in [-0.15, -0.1) is 0 Å². The number of benzene rings is 1. The van der Waals surface area contributed by atoms with E-state index in [2.05, 4.69) is 5.32 Å². The van der Waals surface area contributed by atoms with Crippen molar-refractivity contribution in [3.8, 4) is 0 Å². The van der Waals surface area contributed by atoms with Crippen LogP contribution in [0.2, 0.25) is 0 Å². The zero-order valence-electron chi connectivity index (χ0n) is 16.2. The van der Waals surface area contributed by atoms with E-state index in [1.54, 1.807) is 0 Å². The molecule has 3 rings (SSSR count). The second-order valence-electron chi connectivity index (χ2n) is 7.23. The van der Waals surface area contributed by atoms with Gasteiger partial charge in [0.25, 0.3) is 18.2 Å². The van der Waals surface area contributed by atoms with E-state index < -0.39 is 36.6 Å². The molecule has 0 spiro atoms. The number of hydrogen-bond donors (Lipinski definition) is 2. The third kappa shape index (κ3) is 4.90. The quantitative estimate of drug-likeness (QED) is 0.604. The van der Waals surface area contributed by atoms with E-state index >= 15 is 0 Å². The highest BCUT2D eigenvalue weighted by atomic mass is 19.3. The first kappa shape index (κ1) is 22.0. The van der Waals surface area contributed by atoms with Crippen LogP contribution in [0.15, 0.2) is 18.2 Å². The van der Waals surface area contributed by atoms with Crippen LogP contribution in [0.3, 0.4) is 0 Å². The topological polar surface area (TPSA) is 105 Å². The lowest BCUT2D eigenvalue weighted by Gasteiger charge is -2.40. The molecule has 2 fully saturated rings. The lowest BCUT2D eigenvalue weighted by Crippen LogP contribution is -2.58. The van der Waals surface area contributed by atoms with Crippen LogP contribution in [-0.4, -0.2) is 67.4 Å². The molecule has 1 atom stereocenters. The molecule has 1 aliphatic heterocycles. The van der Waals surface area contributed by atoms with Crippen LogP contribution in [0.1, 0.15) is 19.3 Å². The summed E-state index contributed by atoms with van der Waals surface area (Å²) in [6, 6.07) is 1.74. The Kier molecular flexibility index (Phi) is 6.93. The van der Waals surface area contributed by atoms with E-state index in [1.807, 2.05) is 0 Å². The number of carbonyl (C=O) groups is 3. The third-order valence-electron chi connectivity index (χ3n) is 5.25. The Morgan fingerprint density at radius 3 is 2.60 bits per heavy atom. The van der Waals surface area contributed by atoms with Crippen molar-refractivity contribution in [2.75, 3.05) is 36.5 Å². The largest absolute Gasteiger partial charge is 0.370 e. The second-order valence-corrected chi connectivity index (χ2v) is 7.23. The van der Waals surface area contributed by atoms with Crippen LogP contribution < -0.4 is 16.0 Å². The molecule has 164 valence electrons. The number of nitrogens with zero attached hydrogens (tertiary/aromatic N) is 2. The Hall–Kier alpha value is -2.66. The van der Waals surface area contributed by atoms with E-state index in [4.69, 9.17) is 10.5 Å². The van der Waals surface area contributed by atoms with E-state index in [-0.39, 0.29) is 30.8 Å². The first-order valence-electron chi connectivity index (χ1n) is 9.59. The van der Waals surface area contributed by atoms with Gasteiger partial charge in [-0.25, -0.2) is 13.2 Å². The fourth-order valence-electron chi connectivity index (χ4n) is 3.55. The van der Waals surface area contributed by atoms with Crippen molar-refractivity contribution < 1.29 is 32.3 Å². The highest BCUT2D eigenvalue weighted by molar-refractivity contribution is 6.09. The number of amides is 3. The first-order valence-corrected chi connectivity index (χ1v) is 9.59. The molecule has 30 heavy (non-hydrogen) atoms. The van der Waals surface area contributed by atoms with Crippen molar-refractivity contribution in [1.82, 2.24) is 4.90 Å². The van der Waals surface area contributed by atoms with Gasteiger partial charge in [0.2, 0.25) is 5.91 Å². The van der Waals surface area contributed by atoms with Gasteiger partial charge in [-0.2, -0.15) is 0 Å². The van der Waals surface area contributed by atoms with Crippen LogP contribution in [0.5, 0.6) is 0 Å².